The van der Waals surface area contributed by atoms with E-state index in [0.717, 1.165) is 17.7 Å². The Kier molecular flexibility index (Phi) is 5.74. The largest absolute Gasteiger partial charge is 0.379 e. The van der Waals surface area contributed by atoms with Crippen LogP contribution < -0.4 is 5.32 Å². The second-order valence-corrected chi connectivity index (χ2v) is 6.30. The fourth-order valence-corrected chi connectivity index (χ4v) is 3.23. The average Bonchev–Trinajstić information content (AvgIpc) is 3.08. The smallest absolute Gasteiger partial charge is 0.224 e. The van der Waals surface area contributed by atoms with Crippen LogP contribution in [0.5, 0.6) is 0 Å². The van der Waals surface area contributed by atoms with E-state index in [1.54, 1.807) is 17.5 Å². The molecule has 2 aromatic rings. The van der Waals surface area contributed by atoms with Crippen LogP contribution in [0.15, 0.2) is 41.2 Å². The van der Waals surface area contributed by atoms with E-state index in [-0.39, 0.29) is 18.1 Å². The summed E-state index contributed by atoms with van der Waals surface area (Å²) >= 11 is 1.60. The van der Waals surface area contributed by atoms with Gasteiger partial charge in [0.1, 0.15) is 0 Å². The van der Waals surface area contributed by atoms with Crippen molar-refractivity contribution < 1.29 is 14.3 Å². The third-order valence-corrected chi connectivity index (χ3v) is 4.49. The Labute approximate surface area is 139 Å². The van der Waals surface area contributed by atoms with Crippen LogP contribution in [0.2, 0.25) is 0 Å². The van der Waals surface area contributed by atoms with Gasteiger partial charge in [-0.05, 0) is 40.9 Å². The van der Waals surface area contributed by atoms with Gasteiger partial charge in [-0.25, -0.2) is 0 Å². The van der Waals surface area contributed by atoms with Gasteiger partial charge in [0.25, 0.3) is 0 Å². The number of amides is 1. The van der Waals surface area contributed by atoms with E-state index in [2.05, 4.69) is 10.3 Å². The van der Waals surface area contributed by atoms with Crippen LogP contribution in [0.25, 0.3) is 0 Å². The summed E-state index contributed by atoms with van der Waals surface area (Å²) in [5.41, 5.74) is 1.93. The quantitative estimate of drug-likeness (QED) is 0.881. The van der Waals surface area contributed by atoms with E-state index in [1.165, 1.54) is 0 Å². The minimum Gasteiger partial charge on any atom is -0.379 e. The van der Waals surface area contributed by atoms with Gasteiger partial charge in [0.05, 0.1) is 37.5 Å². The second kappa shape index (κ2) is 8.19. The number of nitrogens with zero attached hydrogens (tertiary/aromatic N) is 1. The number of nitrogens with one attached hydrogen (secondary N) is 1. The average molecular weight is 332 g/mol. The molecular formula is C17H20N2O3S. The predicted octanol–water partition coefficient (Wildman–Crippen LogP) is 2.18. The van der Waals surface area contributed by atoms with Gasteiger partial charge in [-0.2, -0.15) is 11.3 Å². The van der Waals surface area contributed by atoms with Crippen LogP contribution in [0.3, 0.4) is 0 Å². The maximum Gasteiger partial charge on any atom is 0.224 e. The molecule has 1 saturated heterocycles. The van der Waals surface area contributed by atoms with Gasteiger partial charge in [0.15, 0.2) is 0 Å². The van der Waals surface area contributed by atoms with Gasteiger partial charge in [-0.15, -0.1) is 0 Å². The van der Waals surface area contributed by atoms with Gasteiger partial charge in [0, 0.05) is 12.8 Å². The first-order valence-electron chi connectivity index (χ1n) is 7.71. The molecule has 1 fully saturated rings. The third kappa shape index (κ3) is 4.86. The van der Waals surface area contributed by atoms with Gasteiger partial charge >= 0.3 is 0 Å². The lowest BCUT2D eigenvalue weighted by molar-refractivity contribution is -0.125. The Morgan fingerprint density at radius 1 is 1.43 bits per heavy atom. The maximum absolute atomic E-state index is 12.2. The van der Waals surface area contributed by atoms with E-state index in [9.17, 15) is 4.79 Å². The van der Waals surface area contributed by atoms with Crippen molar-refractivity contribution in [3.8, 4) is 0 Å². The van der Waals surface area contributed by atoms with Crippen LogP contribution >= 0.6 is 11.3 Å². The number of hydrogen-bond donors (Lipinski definition) is 1. The summed E-state index contributed by atoms with van der Waals surface area (Å²) in [5, 5.41) is 7.01. The highest BCUT2D eigenvalue weighted by Gasteiger charge is 2.28. The number of pyridine rings is 1. The van der Waals surface area contributed by atoms with Gasteiger partial charge in [0.2, 0.25) is 5.91 Å². The van der Waals surface area contributed by atoms with Crippen molar-refractivity contribution in [3.05, 3.63) is 52.5 Å². The number of rotatable bonds is 6. The second-order valence-electron chi connectivity index (χ2n) is 5.52. The lowest BCUT2D eigenvalue weighted by Gasteiger charge is -2.32. The fourth-order valence-electron chi connectivity index (χ4n) is 2.56. The molecule has 0 saturated carbocycles. The van der Waals surface area contributed by atoms with Crippen molar-refractivity contribution in [2.24, 2.45) is 0 Å². The van der Waals surface area contributed by atoms with Crippen molar-refractivity contribution in [1.29, 1.82) is 0 Å². The third-order valence-electron chi connectivity index (χ3n) is 3.76. The Bertz CT molecular complexity index is 604. The summed E-state index contributed by atoms with van der Waals surface area (Å²) in [6, 6.07) is 7.61. The van der Waals surface area contributed by atoms with Crippen molar-refractivity contribution >= 4 is 17.2 Å². The molecule has 1 amide bonds. The Morgan fingerprint density at radius 2 is 2.39 bits per heavy atom. The molecule has 0 unspecified atom stereocenters. The Morgan fingerprint density at radius 3 is 3.17 bits per heavy atom. The first-order valence-corrected chi connectivity index (χ1v) is 8.65. The maximum atomic E-state index is 12.2. The Balaban J connectivity index is 1.52. The highest BCUT2D eigenvalue weighted by atomic mass is 32.1. The SMILES string of the molecule is O=C(Cc1ccsc1)N[C@@H]1COCC[C@H]1OCc1ccccn1. The molecule has 0 aromatic carbocycles. The first-order chi connectivity index (χ1) is 11.3. The lowest BCUT2D eigenvalue weighted by atomic mass is 10.1. The molecule has 0 spiro atoms. The summed E-state index contributed by atoms with van der Waals surface area (Å²) in [4.78, 5) is 16.4. The van der Waals surface area contributed by atoms with E-state index in [0.29, 0.717) is 26.2 Å². The molecule has 1 aliphatic rings. The summed E-state index contributed by atoms with van der Waals surface area (Å²) < 4.78 is 11.5. The molecule has 3 rings (SSSR count). The molecule has 6 heteroatoms. The molecule has 0 bridgehead atoms. The molecule has 0 aliphatic carbocycles. The highest BCUT2D eigenvalue weighted by Crippen LogP contribution is 2.14. The molecule has 3 heterocycles. The summed E-state index contributed by atoms with van der Waals surface area (Å²) in [6.07, 6.45) is 2.88. The van der Waals surface area contributed by atoms with Crippen molar-refractivity contribution in [1.82, 2.24) is 10.3 Å². The minimum atomic E-state index is -0.112. The molecule has 122 valence electrons. The van der Waals surface area contributed by atoms with E-state index < -0.39 is 0 Å². The van der Waals surface area contributed by atoms with Gasteiger partial charge < -0.3 is 14.8 Å². The molecule has 2 aromatic heterocycles. The number of hydrogen-bond acceptors (Lipinski definition) is 5. The van der Waals surface area contributed by atoms with Crippen LogP contribution in [0.1, 0.15) is 17.7 Å². The van der Waals surface area contributed by atoms with Crippen LogP contribution in [0, 0.1) is 0 Å². The van der Waals surface area contributed by atoms with Crippen molar-refractivity contribution in [3.63, 3.8) is 0 Å². The Hall–Kier alpha value is -1.76. The minimum absolute atomic E-state index is 0.00494. The molecule has 23 heavy (non-hydrogen) atoms. The fraction of sp³-hybridized carbons (Fsp3) is 0.412. The zero-order chi connectivity index (χ0) is 15.9. The standard InChI is InChI=1S/C17H20N2O3S/c20-17(9-13-5-8-23-12-13)19-15-11-21-7-4-16(15)22-10-14-3-1-2-6-18-14/h1-3,5-6,8,12,15-16H,4,7,9-11H2,(H,19,20)/t15-,16-/m1/s1. The van der Waals surface area contributed by atoms with E-state index >= 15 is 0 Å². The molecule has 1 aliphatic heterocycles. The molecule has 0 radical (unpaired) electrons. The van der Waals surface area contributed by atoms with Gasteiger partial charge in [-0.1, -0.05) is 6.07 Å². The molecule has 5 nitrogen and oxygen atoms in total. The van der Waals surface area contributed by atoms with Crippen LogP contribution in [-0.2, 0) is 27.3 Å². The number of carbonyl (C=O) groups excluding carboxylic acids is 1. The normalized spacial score (nSPS) is 21.0. The van der Waals surface area contributed by atoms with Crippen molar-refractivity contribution in [2.45, 2.75) is 31.6 Å². The van der Waals surface area contributed by atoms with Gasteiger partial charge in [-0.3, -0.25) is 9.78 Å². The summed E-state index contributed by atoms with van der Waals surface area (Å²) in [6.45, 7) is 1.59. The molecule has 1 N–H and O–H groups in total. The molecular weight excluding hydrogens is 312 g/mol. The zero-order valence-electron chi connectivity index (χ0n) is 12.8. The predicted molar refractivity (Wildman–Crippen MR) is 88.2 cm³/mol. The monoisotopic (exact) mass is 332 g/mol. The van der Waals surface area contributed by atoms with E-state index in [1.807, 2.05) is 35.0 Å². The zero-order valence-corrected chi connectivity index (χ0v) is 13.6. The lowest BCUT2D eigenvalue weighted by Crippen LogP contribution is -2.50. The number of carbonyl (C=O) groups is 1. The number of ether oxygens (including phenoxy) is 2. The van der Waals surface area contributed by atoms with E-state index in [4.69, 9.17) is 9.47 Å². The molecule has 2 atom stereocenters. The number of thiophene rings is 1. The number of aromatic nitrogens is 1. The van der Waals surface area contributed by atoms with Crippen molar-refractivity contribution in [2.75, 3.05) is 13.2 Å². The first kappa shape index (κ1) is 16.1. The summed E-state index contributed by atoms with van der Waals surface area (Å²) in [5.74, 6) is 0.00494. The summed E-state index contributed by atoms with van der Waals surface area (Å²) in [7, 11) is 0. The highest BCUT2D eigenvalue weighted by molar-refractivity contribution is 7.07. The van der Waals surface area contributed by atoms with Crippen LogP contribution in [-0.4, -0.2) is 36.3 Å². The van der Waals surface area contributed by atoms with Crippen LogP contribution in [0.4, 0.5) is 0 Å². The topological polar surface area (TPSA) is 60.5 Å².